The third-order valence-corrected chi connectivity index (χ3v) is 2.69. The normalized spacial score (nSPS) is 18.2. The molecule has 1 saturated carbocycles. The van der Waals surface area contributed by atoms with E-state index in [1.165, 1.54) is 12.8 Å². The zero-order valence-corrected chi connectivity index (χ0v) is 9.22. The standard InChI is InChI=1S/C12H17F3O/c1-10(11-6-2-3-7-11)16-9-5-4-8-12(13,14)15/h4,8,11H,1-3,5-7,9H2/b8-4-. The van der Waals surface area contributed by atoms with E-state index in [0.29, 0.717) is 5.92 Å². The molecule has 1 nitrogen and oxygen atoms in total. The Morgan fingerprint density at radius 2 is 1.94 bits per heavy atom. The Balaban J connectivity index is 2.11. The molecule has 0 radical (unpaired) electrons. The minimum atomic E-state index is -4.22. The van der Waals surface area contributed by atoms with E-state index >= 15 is 0 Å². The summed E-state index contributed by atoms with van der Waals surface area (Å²) in [6, 6.07) is 0. The van der Waals surface area contributed by atoms with Crippen LogP contribution in [0.3, 0.4) is 0 Å². The highest BCUT2D eigenvalue weighted by Gasteiger charge is 2.21. The first-order valence-corrected chi connectivity index (χ1v) is 5.55. The summed E-state index contributed by atoms with van der Waals surface area (Å²) in [5.74, 6) is 1.14. The van der Waals surface area contributed by atoms with E-state index in [9.17, 15) is 13.2 Å². The summed E-state index contributed by atoms with van der Waals surface area (Å²) in [6.07, 6.45) is 1.96. The van der Waals surface area contributed by atoms with Crippen LogP contribution in [0, 0.1) is 5.92 Å². The van der Waals surface area contributed by atoms with Crippen molar-refractivity contribution in [3.8, 4) is 0 Å². The van der Waals surface area contributed by atoms with Crippen molar-refractivity contribution in [3.05, 3.63) is 24.5 Å². The van der Waals surface area contributed by atoms with Crippen LogP contribution in [0.1, 0.15) is 32.1 Å². The fourth-order valence-corrected chi connectivity index (χ4v) is 1.84. The van der Waals surface area contributed by atoms with E-state index in [4.69, 9.17) is 4.74 Å². The van der Waals surface area contributed by atoms with Gasteiger partial charge in [0.05, 0.1) is 12.4 Å². The molecule has 1 aliphatic rings. The molecule has 0 aromatic rings. The Morgan fingerprint density at radius 1 is 1.31 bits per heavy atom. The summed E-state index contributed by atoms with van der Waals surface area (Å²) in [7, 11) is 0. The molecular weight excluding hydrogens is 217 g/mol. The topological polar surface area (TPSA) is 9.23 Å². The highest BCUT2D eigenvalue weighted by Crippen LogP contribution is 2.30. The summed E-state index contributed by atoms with van der Waals surface area (Å²) in [5.41, 5.74) is 0. The largest absolute Gasteiger partial charge is 0.498 e. The molecule has 4 heteroatoms. The van der Waals surface area contributed by atoms with Crippen molar-refractivity contribution in [2.45, 2.75) is 38.3 Å². The van der Waals surface area contributed by atoms with Crippen LogP contribution >= 0.6 is 0 Å². The molecule has 1 fully saturated rings. The van der Waals surface area contributed by atoms with Crippen LogP contribution in [0.25, 0.3) is 0 Å². The number of rotatable bonds is 5. The second-order valence-electron chi connectivity index (χ2n) is 4.03. The van der Waals surface area contributed by atoms with Gasteiger partial charge in [0, 0.05) is 12.0 Å². The number of alkyl halides is 3. The second-order valence-corrected chi connectivity index (χ2v) is 4.03. The second kappa shape index (κ2) is 5.97. The molecule has 16 heavy (non-hydrogen) atoms. The van der Waals surface area contributed by atoms with E-state index in [1.54, 1.807) is 0 Å². The van der Waals surface area contributed by atoms with Crippen LogP contribution in [0.5, 0.6) is 0 Å². The lowest BCUT2D eigenvalue weighted by molar-refractivity contribution is -0.0800. The Hall–Kier alpha value is -0.930. The monoisotopic (exact) mass is 234 g/mol. The van der Waals surface area contributed by atoms with Gasteiger partial charge >= 0.3 is 6.18 Å². The summed E-state index contributed by atoms with van der Waals surface area (Å²) < 4.78 is 40.6. The van der Waals surface area contributed by atoms with Crippen molar-refractivity contribution in [2.75, 3.05) is 6.61 Å². The van der Waals surface area contributed by atoms with Crippen LogP contribution < -0.4 is 0 Å². The Bertz CT molecular complexity index is 249. The van der Waals surface area contributed by atoms with Gasteiger partial charge in [-0.1, -0.05) is 25.5 Å². The smallest absolute Gasteiger partial charge is 0.409 e. The summed E-state index contributed by atoms with van der Waals surface area (Å²) >= 11 is 0. The van der Waals surface area contributed by atoms with Gasteiger partial charge in [0.15, 0.2) is 0 Å². The predicted octanol–water partition coefficient (Wildman–Crippen LogP) is 4.22. The van der Waals surface area contributed by atoms with Crippen molar-refractivity contribution in [2.24, 2.45) is 5.92 Å². The van der Waals surface area contributed by atoms with Gasteiger partial charge in [0.1, 0.15) is 0 Å². The minimum Gasteiger partial charge on any atom is -0.498 e. The number of allylic oxidation sites excluding steroid dienone is 2. The first kappa shape index (κ1) is 13.1. The van der Waals surface area contributed by atoms with Gasteiger partial charge in [0.25, 0.3) is 0 Å². The molecule has 0 atom stereocenters. The molecule has 0 amide bonds. The molecule has 0 aromatic heterocycles. The number of ether oxygens (including phenoxy) is 1. The molecule has 0 N–H and O–H groups in total. The molecule has 92 valence electrons. The molecule has 0 bridgehead atoms. The maximum Gasteiger partial charge on any atom is 0.409 e. The SMILES string of the molecule is C=C(OCC/C=C\C(F)(F)F)C1CCCC1. The zero-order valence-electron chi connectivity index (χ0n) is 9.22. The summed E-state index contributed by atoms with van der Waals surface area (Å²) in [5, 5.41) is 0. The minimum absolute atomic E-state index is 0.245. The van der Waals surface area contributed by atoms with Crippen molar-refractivity contribution in [1.82, 2.24) is 0 Å². The van der Waals surface area contributed by atoms with Crippen molar-refractivity contribution >= 4 is 0 Å². The van der Waals surface area contributed by atoms with Crippen LogP contribution in [-0.2, 0) is 4.74 Å². The van der Waals surface area contributed by atoms with Crippen molar-refractivity contribution in [3.63, 3.8) is 0 Å². The molecular formula is C12H17F3O. The number of hydrogen-bond donors (Lipinski definition) is 0. The fraction of sp³-hybridized carbons (Fsp3) is 0.667. The zero-order chi connectivity index (χ0) is 12.0. The summed E-state index contributed by atoms with van der Waals surface area (Å²) in [4.78, 5) is 0. The molecule has 0 aliphatic heterocycles. The van der Waals surface area contributed by atoms with Gasteiger partial charge in [-0.2, -0.15) is 13.2 Å². The average molecular weight is 234 g/mol. The van der Waals surface area contributed by atoms with Crippen LogP contribution in [0.4, 0.5) is 13.2 Å². The summed E-state index contributed by atoms with van der Waals surface area (Å²) in [6.45, 7) is 4.09. The first-order chi connectivity index (χ1) is 7.49. The van der Waals surface area contributed by atoms with E-state index in [1.807, 2.05) is 0 Å². The van der Waals surface area contributed by atoms with E-state index in [0.717, 1.165) is 24.7 Å². The molecule has 1 rings (SSSR count). The van der Waals surface area contributed by atoms with Crippen molar-refractivity contribution in [1.29, 1.82) is 0 Å². The maximum atomic E-state index is 11.7. The number of hydrogen-bond acceptors (Lipinski definition) is 1. The van der Waals surface area contributed by atoms with Gasteiger partial charge in [-0.25, -0.2) is 0 Å². The Kier molecular flexibility index (Phi) is 4.90. The van der Waals surface area contributed by atoms with Crippen LogP contribution in [0.2, 0.25) is 0 Å². The van der Waals surface area contributed by atoms with Crippen molar-refractivity contribution < 1.29 is 17.9 Å². The Morgan fingerprint density at radius 3 is 2.50 bits per heavy atom. The number of halogens is 3. The van der Waals surface area contributed by atoms with Gasteiger partial charge < -0.3 is 4.74 Å². The third-order valence-electron chi connectivity index (χ3n) is 2.69. The molecule has 0 saturated heterocycles. The van der Waals surface area contributed by atoms with E-state index < -0.39 is 6.18 Å². The van der Waals surface area contributed by atoms with Crippen LogP contribution in [-0.4, -0.2) is 12.8 Å². The van der Waals surface area contributed by atoms with Gasteiger partial charge in [-0.3, -0.25) is 0 Å². The Labute approximate surface area is 94.0 Å². The fourth-order valence-electron chi connectivity index (χ4n) is 1.84. The maximum absolute atomic E-state index is 11.7. The third kappa shape index (κ3) is 5.24. The van der Waals surface area contributed by atoms with Gasteiger partial charge in [-0.15, -0.1) is 0 Å². The van der Waals surface area contributed by atoms with E-state index in [-0.39, 0.29) is 19.1 Å². The lowest BCUT2D eigenvalue weighted by Gasteiger charge is -2.13. The van der Waals surface area contributed by atoms with Crippen LogP contribution in [0.15, 0.2) is 24.5 Å². The molecule has 1 aliphatic carbocycles. The quantitative estimate of drug-likeness (QED) is 0.393. The predicted molar refractivity (Wildman–Crippen MR) is 56.9 cm³/mol. The molecule has 0 spiro atoms. The first-order valence-electron chi connectivity index (χ1n) is 5.55. The molecule has 0 heterocycles. The highest BCUT2D eigenvalue weighted by molar-refractivity contribution is 4.94. The lowest BCUT2D eigenvalue weighted by atomic mass is 10.1. The average Bonchev–Trinajstić information content (AvgIpc) is 2.67. The molecule has 0 unspecified atom stereocenters. The highest BCUT2D eigenvalue weighted by atomic mass is 19.4. The van der Waals surface area contributed by atoms with Gasteiger partial charge in [-0.05, 0) is 19.3 Å². The lowest BCUT2D eigenvalue weighted by Crippen LogP contribution is -2.04. The molecule has 0 aromatic carbocycles. The van der Waals surface area contributed by atoms with E-state index in [2.05, 4.69) is 6.58 Å². The van der Waals surface area contributed by atoms with Gasteiger partial charge in [0.2, 0.25) is 0 Å².